The normalized spacial score (nSPS) is 12.5. The Bertz CT molecular complexity index is 339. The van der Waals surface area contributed by atoms with Crippen LogP contribution in [-0.4, -0.2) is 26.9 Å². The van der Waals surface area contributed by atoms with Gasteiger partial charge in [0.1, 0.15) is 5.75 Å². The maximum Gasteiger partial charge on any atom is 0.121 e. The van der Waals surface area contributed by atoms with E-state index >= 15 is 0 Å². The Morgan fingerprint density at radius 1 is 1.17 bits per heavy atom. The van der Waals surface area contributed by atoms with Crippen LogP contribution in [0.5, 0.6) is 5.75 Å². The highest BCUT2D eigenvalue weighted by molar-refractivity contribution is 5.48. The third-order valence-corrected chi connectivity index (χ3v) is 2.52. The van der Waals surface area contributed by atoms with Crippen LogP contribution in [0.25, 0.3) is 0 Å². The molecule has 3 nitrogen and oxygen atoms in total. The first-order valence-corrected chi connectivity index (χ1v) is 6.57. The molecule has 1 unspecified atom stereocenters. The Morgan fingerprint density at radius 3 is 2.61 bits per heavy atom. The lowest BCUT2D eigenvalue weighted by Gasteiger charge is -2.14. The van der Waals surface area contributed by atoms with E-state index in [1.165, 1.54) is 0 Å². The SMILES string of the molecule is COCC(C)CNc1cccc(OCC(C)C)c1. The molecule has 0 aliphatic carbocycles. The van der Waals surface area contributed by atoms with Crippen LogP contribution < -0.4 is 10.1 Å². The molecule has 0 aromatic heterocycles. The zero-order valence-electron chi connectivity index (χ0n) is 11.9. The zero-order chi connectivity index (χ0) is 13.4. The van der Waals surface area contributed by atoms with Crippen LogP contribution in [0, 0.1) is 11.8 Å². The van der Waals surface area contributed by atoms with E-state index < -0.39 is 0 Å². The molecule has 1 N–H and O–H groups in total. The molecule has 0 heterocycles. The Morgan fingerprint density at radius 2 is 1.94 bits per heavy atom. The Hall–Kier alpha value is -1.22. The van der Waals surface area contributed by atoms with Gasteiger partial charge < -0.3 is 14.8 Å². The van der Waals surface area contributed by atoms with Gasteiger partial charge in [-0.3, -0.25) is 0 Å². The summed E-state index contributed by atoms with van der Waals surface area (Å²) in [7, 11) is 1.73. The number of nitrogens with one attached hydrogen (secondary N) is 1. The fraction of sp³-hybridized carbons (Fsp3) is 0.600. The quantitative estimate of drug-likeness (QED) is 0.768. The summed E-state index contributed by atoms with van der Waals surface area (Å²) >= 11 is 0. The maximum absolute atomic E-state index is 5.70. The van der Waals surface area contributed by atoms with Crippen LogP contribution in [0.1, 0.15) is 20.8 Å². The molecule has 0 radical (unpaired) electrons. The second kappa shape index (κ2) is 7.98. The monoisotopic (exact) mass is 251 g/mol. The minimum Gasteiger partial charge on any atom is -0.493 e. The van der Waals surface area contributed by atoms with Crippen LogP contribution >= 0.6 is 0 Å². The van der Waals surface area contributed by atoms with E-state index in [9.17, 15) is 0 Å². The largest absolute Gasteiger partial charge is 0.493 e. The molecular formula is C15H25NO2. The number of benzene rings is 1. The van der Waals surface area contributed by atoms with Crippen LogP contribution in [0.4, 0.5) is 5.69 Å². The molecule has 0 amide bonds. The van der Waals surface area contributed by atoms with Gasteiger partial charge in [0.2, 0.25) is 0 Å². The number of hydrogen-bond acceptors (Lipinski definition) is 3. The summed E-state index contributed by atoms with van der Waals surface area (Å²) in [6.45, 7) is 8.89. The van der Waals surface area contributed by atoms with Gasteiger partial charge in [-0.25, -0.2) is 0 Å². The number of anilines is 1. The van der Waals surface area contributed by atoms with Gasteiger partial charge in [0.25, 0.3) is 0 Å². The van der Waals surface area contributed by atoms with Crippen molar-refractivity contribution < 1.29 is 9.47 Å². The van der Waals surface area contributed by atoms with Crippen molar-refractivity contribution in [2.75, 3.05) is 32.2 Å². The molecule has 1 atom stereocenters. The first-order chi connectivity index (χ1) is 8.61. The minimum atomic E-state index is 0.496. The van der Waals surface area contributed by atoms with Crippen LogP contribution in [0.2, 0.25) is 0 Å². The third kappa shape index (κ3) is 5.92. The Kier molecular flexibility index (Phi) is 6.58. The number of rotatable bonds is 8. The summed E-state index contributed by atoms with van der Waals surface area (Å²) in [5.41, 5.74) is 1.10. The van der Waals surface area contributed by atoms with Crippen molar-refractivity contribution >= 4 is 5.69 Å². The molecule has 102 valence electrons. The average Bonchev–Trinajstić information content (AvgIpc) is 2.35. The summed E-state index contributed by atoms with van der Waals surface area (Å²) < 4.78 is 10.8. The molecule has 0 aliphatic heterocycles. The van der Waals surface area contributed by atoms with Crippen molar-refractivity contribution in [3.63, 3.8) is 0 Å². The molecule has 18 heavy (non-hydrogen) atoms. The number of methoxy groups -OCH3 is 1. The molecule has 0 saturated heterocycles. The number of hydrogen-bond donors (Lipinski definition) is 1. The predicted octanol–water partition coefficient (Wildman–Crippen LogP) is 3.42. The molecular weight excluding hydrogens is 226 g/mol. The van der Waals surface area contributed by atoms with Crippen molar-refractivity contribution in [2.45, 2.75) is 20.8 Å². The molecule has 0 saturated carbocycles. The molecule has 0 fully saturated rings. The molecule has 0 aliphatic rings. The fourth-order valence-corrected chi connectivity index (χ4v) is 1.59. The standard InChI is InChI=1S/C15H25NO2/c1-12(2)10-18-15-7-5-6-14(8-15)16-9-13(3)11-17-4/h5-8,12-13,16H,9-11H2,1-4H3. The first-order valence-electron chi connectivity index (χ1n) is 6.57. The average molecular weight is 251 g/mol. The second-order valence-corrected chi connectivity index (χ2v) is 5.17. The topological polar surface area (TPSA) is 30.5 Å². The van der Waals surface area contributed by atoms with Crippen LogP contribution in [0.3, 0.4) is 0 Å². The van der Waals surface area contributed by atoms with Gasteiger partial charge >= 0.3 is 0 Å². The molecule has 3 heteroatoms. The molecule has 0 bridgehead atoms. The lowest BCUT2D eigenvalue weighted by molar-refractivity contribution is 0.164. The van der Waals surface area contributed by atoms with Gasteiger partial charge in [0, 0.05) is 25.4 Å². The van der Waals surface area contributed by atoms with E-state index in [1.807, 2.05) is 18.2 Å². The fourth-order valence-electron chi connectivity index (χ4n) is 1.59. The molecule has 1 aromatic rings. The van der Waals surface area contributed by atoms with E-state index in [4.69, 9.17) is 9.47 Å². The zero-order valence-corrected chi connectivity index (χ0v) is 11.9. The van der Waals surface area contributed by atoms with Crippen molar-refractivity contribution in [3.05, 3.63) is 24.3 Å². The lowest BCUT2D eigenvalue weighted by Crippen LogP contribution is -2.15. The van der Waals surface area contributed by atoms with Gasteiger partial charge in [0.05, 0.1) is 13.2 Å². The summed E-state index contributed by atoms with van der Waals surface area (Å²) in [4.78, 5) is 0. The highest BCUT2D eigenvalue weighted by Crippen LogP contribution is 2.18. The van der Waals surface area contributed by atoms with Crippen molar-refractivity contribution in [1.82, 2.24) is 0 Å². The lowest BCUT2D eigenvalue weighted by atomic mass is 10.2. The van der Waals surface area contributed by atoms with E-state index in [0.717, 1.165) is 31.2 Å². The van der Waals surface area contributed by atoms with E-state index in [0.29, 0.717) is 11.8 Å². The van der Waals surface area contributed by atoms with Crippen LogP contribution in [-0.2, 0) is 4.74 Å². The second-order valence-electron chi connectivity index (χ2n) is 5.17. The Balaban J connectivity index is 2.43. The van der Waals surface area contributed by atoms with Gasteiger partial charge in [-0.2, -0.15) is 0 Å². The van der Waals surface area contributed by atoms with E-state index in [2.05, 4.69) is 32.2 Å². The van der Waals surface area contributed by atoms with Gasteiger partial charge in [0.15, 0.2) is 0 Å². The summed E-state index contributed by atoms with van der Waals surface area (Å²) in [5.74, 6) is 1.96. The Labute approximate surface area is 110 Å². The van der Waals surface area contributed by atoms with Gasteiger partial charge in [-0.05, 0) is 24.0 Å². The van der Waals surface area contributed by atoms with E-state index in [1.54, 1.807) is 7.11 Å². The molecule has 1 rings (SSSR count). The molecule has 1 aromatic carbocycles. The first kappa shape index (κ1) is 14.8. The van der Waals surface area contributed by atoms with Crippen molar-refractivity contribution in [3.8, 4) is 5.75 Å². The summed E-state index contributed by atoms with van der Waals surface area (Å²) in [6.07, 6.45) is 0. The summed E-state index contributed by atoms with van der Waals surface area (Å²) in [6, 6.07) is 8.11. The van der Waals surface area contributed by atoms with Gasteiger partial charge in [-0.15, -0.1) is 0 Å². The third-order valence-electron chi connectivity index (χ3n) is 2.52. The highest BCUT2D eigenvalue weighted by atomic mass is 16.5. The summed E-state index contributed by atoms with van der Waals surface area (Å²) in [5, 5.41) is 3.40. The maximum atomic E-state index is 5.70. The van der Waals surface area contributed by atoms with E-state index in [-0.39, 0.29) is 0 Å². The highest BCUT2D eigenvalue weighted by Gasteiger charge is 2.02. The van der Waals surface area contributed by atoms with Crippen LogP contribution in [0.15, 0.2) is 24.3 Å². The van der Waals surface area contributed by atoms with Crippen molar-refractivity contribution in [1.29, 1.82) is 0 Å². The number of ether oxygens (including phenoxy) is 2. The minimum absolute atomic E-state index is 0.496. The molecule has 0 spiro atoms. The smallest absolute Gasteiger partial charge is 0.121 e. The van der Waals surface area contributed by atoms with Crippen molar-refractivity contribution in [2.24, 2.45) is 11.8 Å². The van der Waals surface area contributed by atoms with Gasteiger partial charge in [-0.1, -0.05) is 26.8 Å². The predicted molar refractivity (Wildman–Crippen MR) is 76.3 cm³/mol.